The van der Waals surface area contributed by atoms with E-state index in [1.165, 1.54) is 4.90 Å². The molecule has 4 aromatic rings. The Kier molecular flexibility index (Phi) is 5.92. The molecule has 1 aliphatic heterocycles. The number of carbonyl (C=O) groups excluding carboxylic acids is 2. The van der Waals surface area contributed by atoms with Gasteiger partial charge in [0.05, 0.1) is 22.9 Å². The summed E-state index contributed by atoms with van der Waals surface area (Å²) in [7, 11) is 0. The van der Waals surface area contributed by atoms with Crippen molar-refractivity contribution < 1.29 is 9.59 Å². The minimum Gasteiger partial charge on any atom is -0.274 e. The van der Waals surface area contributed by atoms with Crippen LogP contribution in [0.25, 0.3) is 31.9 Å². The Morgan fingerprint density at radius 3 is 1.88 bits per heavy atom. The van der Waals surface area contributed by atoms with Gasteiger partial charge in [-0.05, 0) is 35.2 Å². The zero-order chi connectivity index (χ0) is 22.2. The van der Waals surface area contributed by atoms with Gasteiger partial charge in [-0.1, -0.05) is 45.2 Å². The van der Waals surface area contributed by atoms with E-state index in [1.54, 1.807) is 22.7 Å². The summed E-state index contributed by atoms with van der Waals surface area (Å²) >= 11 is 4.24. The molecule has 2 amide bonds. The Bertz CT molecular complexity index is 1190. The second kappa shape index (κ2) is 8.84. The first-order chi connectivity index (χ1) is 15.7. The molecule has 0 aliphatic carbocycles. The van der Waals surface area contributed by atoms with Crippen molar-refractivity contribution in [1.29, 1.82) is 0 Å². The van der Waals surface area contributed by atoms with Crippen LogP contribution in [0.15, 0.2) is 35.0 Å². The highest BCUT2D eigenvalue weighted by Crippen LogP contribution is 2.46. The Labute approximate surface area is 199 Å². The summed E-state index contributed by atoms with van der Waals surface area (Å²) in [5, 5.41) is 3.97. The highest BCUT2D eigenvalue weighted by atomic mass is 32.1. The van der Waals surface area contributed by atoms with E-state index < -0.39 is 0 Å². The second-order valence-corrected chi connectivity index (χ2v) is 10.5. The van der Waals surface area contributed by atoms with Gasteiger partial charge in [0.25, 0.3) is 11.8 Å². The number of nitrogens with zero attached hydrogens (tertiary/aromatic N) is 3. The third-order valence-electron chi connectivity index (χ3n) is 6.15. The lowest BCUT2D eigenvalue weighted by Gasteiger charge is -2.21. The number of thiophene rings is 2. The van der Waals surface area contributed by atoms with Gasteiger partial charge in [0.2, 0.25) is 0 Å². The van der Waals surface area contributed by atoms with E-state index >= 15 is 0 Å². The molecular weight excluding hydrogens is 458 g/mol. The highest BCUT2D eigenvalue weighted by molar-refractivity contribution is 7.14. The van der Waals surface area contributed by atoms with Crippen molar-refractivity contribution in [3.63, 3.8) is 0 Å². The minimum atomic E-state index is -0.198. The molecule has 0 spiro atoms. The van der Waals surface area contributed by atoms with Crippen LogP contribution in [0, 0.1) is 5.92 Å². The molecular formula is C24H23N3O2S3. The summed E-state index contributed by atoms with van der Waals surface area (Å²) in [5.41, 5.74) is 3.90. The van der Waals surface area contributed by atoms with Crippen LogP contribution >= 0.6 is 34.4 Å². The third kappa shape index (κ3) is 3.41. The topological polar surface area (TPSA) is 63.2 Å². The first-order valence-electron chi connectivity index (χ1n) is 10.9. The largest absolute Gasteiger partial charge is 0.274 e. The summed E-state index contributed by atoms with van der Waals surface area (Å²) in [6.45, 7) is 4.77. The summed E-state index contributed by atoms with van der Waals surface area (Å²) < 4.78 is 9.17. The number of aromatic nitrogens is 2. The van der Waals surface area contributed by atoms with Gasteiger partial charge in [0.1, 0.15) is 11.0 Å². The molecule has 5 rings (SSSR count). The minimum absolute atomic E-state index is 0.198. The van der Waals surface area contributed by atoms with E-state index in [4.69, 9.17) is 0 Å². The number of hydrogen-bond donors (Lipinski definition) is 0. The van der Waals surface area contributed by atoms with Crippen LogP contribution in [0.4, 0.5) is 0 Å². The number of hydrogen-bond acceptors (Lipinski definition) is 7. The maximum absolute atomic E-state index is 13.8. The molecule has 1 unspecified atom stereocenters. The van der Waals surface area contributed by atoms with Crippen molar-refractivity contribution >= 4 is 57.2 Å². The number of carbonyl (C=O) groups is 2. The van der Waals surface area contributed by atoms with Gasteiger partial charge in [0, 0.05) is 27.4 Å². The van der Waals surface area contributed by atoms with Gasteiger partial charge in [-0.15, -0.1) is 22.7 Å². The van der Waals surface area contributed by atoms with Gasteiger partial charge in [0.15, 0.2) is 0 Å². The number of unbranched alkanes of at least 4 members (excludes halogenated alkanes) is 1. The fourth-order valence-corrected chi connectivity index (χ4v) is 6.57. The molecule has 0 radical (unpaired) electrons. The molecule has 0 saturated heterocycles. The van der Waals surface area contributed by atoms with Crippen molar-refractivity contribution in [3.8, 4) is 20.9 Å². The molecule has 32 heavy (non-hydrogen) atoms. The summed E-state index contributed by atoms with van der Waals surface area (Å²) in [6.07, 6.45) is 4.18. The van der Waals surface area contributed by atoms with Crippen LogP contribution in [-0.4, -0.2) is 32.0 Å². The van der Waals surface area contributed by atoms with Crippen molar-refractivity contribution in [2.24, 2.45) is 5.92 Å². The number of benzene rings is 1. The van der Waals surface area contributed by atoms with Crippen LogP contribution in [-0.2, 0) is 0 Å². The number of imide groups is 1. The van der Waals surface area contributed by atoms with Crippen molar-refractivity contribution in [3.05, 3.63) is 46.2 Å². The summed E-state index contributed by atoms with van der Waals surface area (Å²) in [6, 6.07) is 7.89. The van der Waals surface area contributed by atoms with Crippen LogP contribution in [0.3, 0.4) is 0 Å². The van der Waals surface area contributed by atoms with E-state index in [1.807, 2.05) is 35.0 Å². The molecule has 1 aliphatic rings. The van der Waals surface area contributed by atoms with Gasteiger partial charge in [-0.25, -0.2) is 0 Å². The maximum Gasteiger partial charge on any atom is 0.262 e. The Balaban J connectivity index is 1.73. The smallest absolute Gasteiger partial charge is 0.262 e. The molecule has 5 nitrogen and oxygen atoms in total. The average Bonchev–Trinajstić information content (AvgIpc) is 3.60. The highest BCUT2D eigenvalue weighted by Gasteiger charge is 2.43. The quantitative estimate of drug-likeness (QED) is 0.255. The molecule has 0 fully saturated rings. The molecule has 164 valence electrons. The van der Waals surface area contributed by atoms with Crippen LogP contribution in [0.5, 0.6) is 0 Å². The normalized spacial score (nSPS) is 14.5. The van der Waals surface area contributed by atoms with E-state index in [9.17, 15) is 9.59 Å². The molecule has 0 saturated carbocycles. The first-order valence-corrected chi connectivity index (χ1v) is 13.4. The first kappa shape index (κ1) is 21.4. The third-order valence-corrected chi connectivity index (χ3v) is 8.45. The predicted octanol–water partition coefficient (Wildman–Crippen LogP) is 6.96. The Morgan fingerprint density at radius 2 is 1.44 bits per heavy atom. The van der Waals surface area contributed by atoms with Gasteiger partial charge in [-0.3, -0.25) is 14.5 Å². The number of rotatable bonds is 8. The van der Waals surface area contributed by atoms with Gasteiger partial charge >= 0.3 is 0 Å². The molecule has 4 heterocycles. The van der Waals surface area contributed by atoms with Crippen LogP contribution < -0.4 is 0 Å². The Morgan fingerprint density at radius 1 is 0.875 bits per heavy atom. The predicted molar refractivity (Wildman–Crippen MR) is 133 cm³/mol. The fourth-order valence-electron chi connectivity index (χ4n) is 4.46. The standard InChI is InChI=1S/C24H23N3O2S3/c1-3-5-8-14(4-2)13-27-23(28)19-17(15-9-6-11-30-15)21-22(26-32-25-21)18(20(19)24(27)29)16-10-7-12-31-16/h6-7,9-12,14H,3-5,8,13H2,1-2H3. The zero-order valence-electron chi connectivity index (χ0n) is 18.0. The van der Waals surface area contributed by atoms with E-state index in [-0.39, 0.29) is 11.8 Å². The monoisotopic (exact) mass is 481 g/mol. The van der Waals surface area contributed by atoms with Crippen LogP contribution in [0.1, 0.15) is 60.2 Å². The molecule has 1 atom stereocenters. The summed E-state index contributed by atoms with van der Waals surface area (Å²) in [5.74, 6) is -0.0866. The lowest BCUT2D eigenvalue weighted by Crippen LogP contribution is -2.34. The average molecular weight is 482 g/mol. The molecule has 3 aromatic heterocycles. The maximum atomic E-state index is 13.8. The van der Waals surface area contributed by atoms with E-state index in [2.05, 4.69) is 22.6 Å². The SMILES string of the molecule is CCCCC(CC)CN1C(=O)c2c(c(-c3cccs3)c3nsnc3c2-c2cccs2)C1=O. The lowest BCUT2D eigenvalue weighted by molar-refractivity contribution is 0.0625. The molecule has 8 heteroatoms. The molecule has 0 N–H and O–H groups in total. The van der Waals surface area contributed by atoms with Crippen molar-refractivity contribution in [1.82, 2.24) is 13.6 Å². The van der Waals surface area contributed by atoms with E-state index in [0.29, 0.717) is 34.6 Å². The van der Waals surface area contributed by atoms with Gasteiger partial charge in [-0.2, -0.15) is 8.75 Å². The second-order valence-electron chi connectivity index (χ2n) is 8.05. The number of fused-ring (bicyclic) bond motifs is 2. The van der Waals surface area contributed by atoms with Crippen molar-refractivity contribution in [2.75, 3.05) is 6.54 Å². The zero-order valence-corrected chi connectivity index (χ0v) is 20.4. The van der Waals surface area contributed by atoms with Crippen LogP contribution in [0.2, 0.25) is 0 Å². The molecule has 1 aromatic carbocycles. The van der Waals surface area contributed by atoms with E-state index in [0.717, 1.165) is 58.3 Å². The summed E-state index contributed by atoms with van der Waals surface area (Å²) in [4.78, 5) is 31.0. The molecule has 0 bridgehead atoms. The van der Waals surface area contributed by atoms with Gasteiger partial charge < -0.3 is 0 Å². The Hall–Kier alpha value is -2.42. The lowest BCUT2D eigenvalue weighted by atomic mass is 9.93. The fraction of sp³-hybridized carbons (Fsp3) is 0.333. The number of amides is 2. The van der Waals surface area contributed by atoms with Crippen molar-refractivity contribution in [2.45, 2.75) is 39.5 Å².